The summed E-state index contributed by atoms with van der Waals surface area (Å²) < 4.78 is 41.0. The normalized spacial score (nSPS) is 16.8. The molecule has 0 radical (unpaired) electrons. The quantitative estimate of drug-likeness (QED) is 0.644. The van der Waals surface area contributed by atoms with Crippen molar-refractivity contribution < 1.29 is 22.7 Å². The zero-order chi connectivity index (χ0) is 26.2. The molecule has 0 aliphatic carbocycles. The Bertz CT molecular complexity index is 1130. The molecule has 36 heavy (non-hydrogen) atoms. The molecular weight excluding hydrogens is 471 g/mol. The SMILES string of the molecule is CC.N#CC1(Cc2ccc(OC(F)(F)F)cc2)CCN(C(=O)C2=C(c3ccncn3)NCC=C2)CC1. The van der Waals surface area contributed by atoms with Crippen molar-refractivity contribution in [3.8, 4) is 11.8 Å². The van der Waals surface area contributed by atoms with Crippen LogP contribution in [0.1, 0.15) is 37.9 Å². The maximum Gasteiger partial charge on any atom is 0.573 e. The molecule has 3 heterocycles. The number of piperidine rings is 1. The summed E-state index contributed by atoms with van der Waals surface area (Å²) in [5, 5.41) is 13.1. The first kappa shape index (κ1) is 26.7. The number of nitriles is 1. The number of alkyl halides is 3. The number of amides is 1. The van der Waals surface area contributed by atoms with Crippen molar-refractivity contribution in [3.05, 3.63) is 71.8 Å². The molecule has 7 nitrogen and oxygen atoms in total. The molecule has 2 aromatic rings. The number of likely N-dealkylation sites (tertiary alicyclic amines) is 1. The predicted molar refractivity (Wildman–Crippen MR) is 128 cm³/mol. The van der Waals surface area contributed by atoms with E-state index in [-0.39, 0.29) is 11.7 Å². The monoisotopic (exact) mass is 499 g/mol. The van der Waals surface area contributed by atoms with Gasteiger partial charge in [0.15, 0.2) is 0 Å². The van der Waals surface area contributed by atoms with Gasteiger partial charge in [-0.05, 0) is 49.1 Å². The van der Waals surface area contributed by atoms with Crippen molar-refractivity contribution in [2.45, 2.75) is 39.5 Å². The second-order valence-corrected chi connectivity index (χ2v) is 8.22. The molecule has 1 amide bonds. The van der Waals surface area contributed by atoms with Crippen molar-refractivity contribution in [3.63, 3.8) is 0 Å². The van der Waals surface area contributed by atoms with Crippen molar-refractivity contribution in [1.29, 1.82) is 5.26 Å². The van der Waals surface area contributed by atoms with Crippen LogP contribution in [0.25, 0.3) is 5.70 Å². The highest BCUT2D eigenvalue weighted by Gasteiger charge is 2.37. The number of halogens is 3. The van der Waals surface area contributed by atoms with Gasteiger partial charge in [0, 0.05) is 25.8 Å². The van der Waals surface area contributed by atoms with Gasteiger partial charge in [-0.2, -0.15) is 5.26 Å². The van der Waals surface area contributed by atoms with E-state index in [0.29, 0.717) is 55.9 Å². The van der Waals surface area contributed by atoms with E-state index in [1.807, 2.05) is 19.9 Å². The number of rotatable bonds is 5. The van der Waals surface area contributed by atoms with E-state index in [9.17, 15) is 23.2 Å². The van der Waals surface area contributed by atoms with Crippen LogP contribution < -0.4 is 10.1 Å². The number of aromatic nitrogens is 2. The minimum absolute atomic E-state index is 0.141. The minimum atomic E-state index is -4.75. The average molecular weight is 500 g/mol. The Hall–Kier alpha value is -3.87. The van der Waals surface area contributed by atoms with Crippen LogP contribution in [-0.2, 0) is 11.2 Å². The van der Waals surface area contributed by atoms with E-state index in [2.05, 4.69) is 26.1 Å². The lowest BCUT2D eigenvalue weighted by atomic mass is 9.75. The second kappa shape index (κ2) is 11.7. The van der Waals surface area contributed by atoms with Crippen molar-refractivity contribution in [2.24, 2.45) is 5.41 Å². The molecule has 1 aromatic carbocycles. The number of nitrogens with zero attached hydrogens (tertiary/aromatic N) is 4. The molecule has 0 spiro atoms. The summed E-state index contributed by atoms with van der Waals surface area (Å²) in [5.41, 5.74) is 1.82. The van der Waals surface area contributed by atoms with Gasteiger partial charge in [0.1, 0.15) is 12.1 Å². The molecule has 1 N–H and O–H groups in total. The van der Waals surface area contributed by atoms with Crippen molar-refractivity contribution in [2.75, 3.05) is 19.6 Å². The van der Waals surface area contributed by atoms with E-state index in [4.69, 9.17) is 0 Å². The van der Waals surface area contributed by atoms with E-state index in [1.165, 1.54) is 30.6 Å². The summed E-state index contributed by atoms with van der Waals surface area (Å²) in [7, 11) is 0. The van der Waals surface area contributed by atoms with Gasteiger partial charge in [-0.25, -0.2) is 9.97 Å². The third-order valence-corrected chi connectivity index (χ3v) is 5.96. The summed E-state index contributed by atoms with van der Waals surface area (Å²) in [6.45, 7) is 5.38. The molecule has 0 bridgehead atoms. The lowest BCUT2D eigenvalue weighted by Gasteiger charge is -2.38. The molecule has 1 fully saturated rings. The summed E-state index contributed by atoms with van der Waals surface area (Å²) in [6, 6.07) is 9.69. The fraction of sp³-hybridized carbons (Fsp3) is 0.385. The summed E-state index contributed by atoms with van der Waals surface area (Å²) in [4.78, 5) is 23.2. The summed E-state index contributed by atoms with van der Waals surface area (Å²) in [5.74, 6) is -0.443. The standard InChI is InChI=1S/C24H22F3N5O2.C2H6/c25-24(26,27)34-18-5-3-17(4-6-18)14-23(15-28)8-12-32(13-9-23)22(33)19-2-1-10-30-21(19)20-7-11-29-16-31-20;1-2/h1-7,11,16,30H,8-10,12-14H2;1-2H3. The van der Waals surface area contributed by atoms with Gasteiger partial charge in [0.05, 0.1) is 28.4 Å². The van der Waals surface area contributed by atoms with Crippen LogP contribution in [0.5, 0.6) is 5.75 Å². The number of carbonyl (C=O) groups is 1. The van der Waals surface area contributed by atoms with Gasteiger partial charge in [-0.1, -0.05) is 32.1 Å². The molecule has 1 saturated heterocycles. The third-order valence-electron chi connectivity index (χ3n) is 5.96. The molecule has 2 aliphatic heterocycles. The highest BCUT2D eigenvalue weighted by atomic mass is 19.4. The van der Waals surface area contributed by atoms with Crippen LogP contribution in [0.4, 0.5) is 13.2 Å². The number of hydrogen-bond donors (Lipinski definition) is 1. The topological polar surface area (TPSA) is 91.1 Å². The molecule has 0 unspecified atom stereocenters. The Morgan fingerprint density at radius 1 is 1.19 bits per heavy atom. The van der Waals surface area contributed by atoms with Gasteiger partial charge in [-0.3, -0.25) is 4.79 Å². The molecule has 10 heteroatoms. The van der Waals surface area contributed by atoms with Crippen LogP contribution >= 0.6 is 0 Å². The predicted octanol–water partition coefficient (Wildman–Crippen LogP) is 4.65. The number of carbonyl (C=O) groups excluding carboxylic acids is 1. The Labute approximate surface area is 208 Å². The maximum absolute atomic E-state index is 13.3. The van der Waals surface area contributed by atoms with Gasteiger partial charge < -0.3 is 15.0 Å². The molecule has 0 atom stereocenters. The van der Waals surface area contributed by atoms with E-state index >= 15 is 0 Å². The fourth-order valence-corrected chi connectivity index (χ4v) is 4.20. The molecule has 1 aromatic heterocycles. The zero-order valence-electron chi connectivity index (χ0n) is 20.2. The smallest absolute Gasteiger partial charge is 0.406 e. The number of benzene rings is 1. The van der Waals surface area contributed by atoms with Crippen LogP contribution in [0.15, 0.2) is 60.6 Å². The Balaban J connectivity index is 0.00000176. The van der Waals surface area contributed by atoms with Crippen molar-refractivity contribution >= 4 is 11.6 Å². The van der Waals surface area contributed by atoms with E-state index < -0.39 is 11.8 Å². The number of hydrogen-bond acceptors (Lipinski definition) is 6. The second-order valence-electron chi connectivity index (χ2n) is 8.22. The average Bonchev–Trinajstić information content (AvgIpc) is 2.91. The van der Waals surface area contributed by atoms with Gasteiger partial charge in [0.25, 0.3) is 5.91 Å². The zero-order valence-corrected chi connectivity index (χ0v) is 20.2. The number of ether oxygens (including phenoxy) is 1. The highest BCUT2D eigenvalue weighted by Crippen LogP contribution is 2.36. The summed E-state index contributed by atoms with van der Waals surface area (Å²) in [6.07, 6.45) is 3.25. The van der Waals surface area contributed by atoms with Crippen LogP contribution in [-0.4, -0.2) is 46.8 Å². The fourth-order valence-electron chi connectivity index (χ4n) is 4.20. The van der Waals surface area contributed by atoms with E-state index in [1.54, 1.807) is 23.2 Å². The maximum atomic E-state index is 13.3. The Morgan fingerprint density at radius 3 is 2.47 bits per heavy atom. The van der Waals surface area contributed by atoms with Crippen LogP contribution in [0.3, 0.4) is 0 Å². The molecule has 4 rings (SSSR count). The lowest BCUT2D eigenvalue weighted by molar-refractivity contribution is -0.274. The molecule has 0 saturated carbocycles. The first-order chi connectivity index (χ1) is 17.3. The largest absolute Gasteiger partial charge is 0.573 e. The summed E-state index contributed by atoms with van der Waals surface area (Å²) >= 11 is 0. The molecule has 190 valence electrons. The third kappa shape index (κ3) is 6.62. The van der Waals surface area contributed by atoms with Crippen molar-refractivity contribution in [1.82, 2.24) is 20.2 Å². The Kier molecular flexibility index (Phi) is 8.69. The minimum Gasteiger partial charge on any atom is -0.406 e. The first-order valence-corrected chi connectivity index (χ1v) is 11.7. The van der Waals surface area contributed by atoms with Gasteiger partial charge in [0.2, 0.25) is 0 Å². The molecular formula is C26H28F3N5O2. The first-order valence-electron chi connectivity index (χ1n) is 11.7. The number of dihydropyridines is 1. The van der Waals surface area contributed by atoms with Crippen LogP contribution in [0.2, 0.25) is 0 Å². The Morgan fingerprint density at radius 2 is 1.89 bits per heavy atom. The number of nitrogens with one attached hydrogen (secondary N) is 1. The van der Waals surface area contributed by atoms with Gasteiger partial charge in [-0.15, -0.1) is 13.2 Å². The van der Waals surface area contributed by atoms with Gasteiger partial charge >= 0.3 is 6.36 Å². The van der Waals surface area contributed by atoms with E-state index in [0.717, 1.165) is 5.56 Å². The lowest BCUT2D eigenvalue weighted by Crippen LogP contribution is -2.44. The van der Waals surface area contributed by atoms with Crippen LogP contribution in [0, 0.1) is 16.7 Å². The highest BCUT2D eigenvalue weighted by molar-refractivity contribution is 6.03. The molecule has 2 aliphatic rings.